The van der Waals surface area contributed by atoms with Crippen molar-refractivity contribution in [3.8, 4) is 22.8 Å². The maximum absolute atomic E-state index is 12.4. The van der Waals surface area contributed by atoms with Crippen LogP contribution in [0.25, 0.3) is 11.3 Å². The first-order chi connectivity index (χ1) is 31.3. The van der Waals surface area contributed by atoms with Gasteiger partial charge in [0, 0.05) is 53.5 Å². The smallest absolute Gasteiger partial charge is 0.466 e. The van der Waals surface area contributed by atoms with E-state index in [0.717, 1.165) is 46.2 Å². The lowest BCUT2D eigenvalue weighted by Gasteiger charge is -2.32. The lowest BCUT2D eigenvalue weighted by molar-refractivity contribution is 0.00578. The fourth-order valence-corrected chi connectivity index (χ4v) is 8.66. The van der Waals surface area contributed by atoms with E-state index in [4.69, 9.17) is 86.1 Å². The fraction of sp³-hybridized carbons (Fsp3) is 0.476. The van der Waals surface area contributed by atoms with Crippen LogP contribution in [0.2, 0.25) is 20.1 Å². The van der Waals surface area contributed by atoms with Gasteiger partial charge < -0.3 is 60.2 Å². The molecule has 3 aliphatic heterocycles. The monoisotopic (exact) mass is 1100 g/mol. The van der Waals surface area contributed by atoms with Crippen LogP contribution in [0.5, 0.6) is 11.5 Å². The number of ether oxygens (including phenoxy) is 4. The SMILES string of the molecule is COCOc1cc(-c2nc(N)nc3c2CN(C(=O)NC2CC2)C3)c(Cl)cc1Cl.COCOc1cc(B2OC(C)(C)C(C)(C)O2)c(Cl)cc1Cl.Nc1nc(I)c2c(n1)CN(C(=O)NC1CC1)C2. The predicted molar refractivity (Wildman–Crippen MR) is 260 cm³/mol. The minimum atomic E-state index is -0.565. The zero-order valence-electron chi connectivity index (χ0n) is 37.1. The third-order valence-corrected chi connectivity index (χ3v) is 13.6. The number of hydrogen-bond donors (Lipinski definition) is 4. The molecule has 0 spiro atoms. The van der Waals surface area contributed by atoms with E-state index in [0.29, 0.717) is 86.2 Å². The third-order valence-electron chi connectivity index (χ3n) is 11.4. The number of nitrogens with two attached hydrogens (primary N) is 2. The molecule has 5 heterocycles. The number of halogens is 5. The Morgan fingerprint density at radius 3 is 1.70 bits per heavy atom. The molecule has 0 unspecified atom stereocenters. The average molecular weight is 1100 g/mol. The molecule has 1 saturated heterocycles. The van der Waals surface area contributed by atoms with E-state index < -0.39 is 18.3 Å². The number of nitrogens with zero attached hydrogens (tertiary/aromatic N) is 6. The van der Waals surface area contributed by atoms with Crippen LogP contribution >= 0.6 is 69.0 Å². The van der Waals surface area contributed by atoms with Crippen LogP contribution in [-0.4, -0.2) is 100 Å². The van der Waals surface area contributed by atoms with E-state index in [2.05, 4.69) is 53.2 Å². The lowest BCUT2D eigenvalue weighted by atomic mass is 9.79. The Labute approximate surface area is 416 Å². The van der Waals surface area contributed by atoms with Gasteiger partial charge >= 0.3 is 19.2 Å². The van der Waals surface area contributed by atoms with Gasteiger partial charge in [0.2, 0.25) is 11.9 Å². The number of fused-ring (bicyclic) bond motifs is 2. The van der Waals surface area contributed by atoms with Gasteiger partial charge in [-0.25, -0.2) is 29.5 Å². The van der Waals surface area contributed by atoms with Gasteiger partial charge in [-0.15, -0.1) is 0 Å². The molecule has 2 saturated carbocycles. The number of urea groups is 2. The molecule has 4 amide bonds. The van der Waals surface area contributed by atoms with Gasteiger partial charge in [-0.05, 0) is 100 Å². The molecular formula is C42H50BCl4IN10O8. The largest absolute Gasteiger partial charge is 0.496 e. The molecule has 2 aromatic carbocycles. The number of carbonyl (C=O) groups is 2. The van der Waals surface area contributed by atoms with Crippen molar-refractivity contribution in [1.29, 1.82) is 0 Å². The van der Waals surface area contributed by atoms with Gasteiger partial charge in [0.05, 0.1) is 69.5 Å². The first-order valence-electron chi connectivity index (χ1n) is 20.9. The first-order valence-corrected chi connectivity index (χ1v) is 23.5. The second kappa shape index (κ2) is 20.8. The molecule has 9 rings (SSSR count). The van der Waals surface area contributed by atoms with Gasteiger partial charge in [0.1, 0.15) is 15.2 Å². The molecule has 5 aliphatic rings. The molecule has 3 fully saturated rings. The van der Waals surface area contributed by atoms with Crippen LogP contribution in [0, 0.1) is 3.70 Å². The van der Waals surface area contributed by atoms with E-state index in [1.807, 2.05) is 27.7 Å². The molecule has 0 radical (unpaired) electrons. The van der Waals surface area contributed by atoms with Crippen molar-refractivity contribution in [3.63, 3.8) is 0 Å². The normalized spacial score (nSPS) is 17.5. The molecule has 354 valence electrons. The van der Waals surface area contributed by atoms with Gasteiger partial charge in [-0.2, -0.15) is 0 Å². The number of methoxy groups -OCH3 is 2. The molecule has 0 atom stereocenters. The Hall–Kier alpha value is -3.87. The predicted octanol–water partition coefficient (Wildman–Crippen LogP) is 7.33. The number of aromatic nitrogens is 4. The van der Waals surface area contributed by atoms with Gasteiger partial charge in [-0.1, -0.05) is 46.4 Å². The minimum absolute atomic E-state index is 0.0140. The number of amides is 4. The van der Waals surface area contributed by atoms with Crippen molar-refractivity contribution in [2.24, 2.45) is 0 Å². The Balaban J connectivity index is 0.000000152. The molecule has 2 aromatic heterocycles. The minimum Gasteiger partial charge on any atom is -0.466 e. The van der Waals surface area contributed by atoms with Crippen LogP contribution < -0.4 is 37.0 Å². The summed E-state index contributed by atoms with van der Waals surface area (Å²) in [7, 11) is 2.49. The Morgan fingerprint density at radius 2 is 1.18 bits per heavy atom. The van der Waals surface area contributed by atoms with Crippen LogP contribution in [0.3, 0.4) is 0 Å². The van der Waals surface area contributed by atoms with Crippen molar-refractivity contribution in [2.45, 2.75) is 103 Å². The summed E-state index contributed by atoms with van der Waals surface area (Å²) in [6, 6.07) is 7.15. The number of benzene rings is 2. The molecule has 18 nitrogen and oxygen atoms in total. The number of anilines is 2. The Kier molecular flexibility index (Phi) is 15.8. The van der Waals surface area contributed by atoms with E-state index in [1.165, 1.54) is 7.11 Å². The quantitative estimate of drug-likeness (QED) is 0.0529. The van der Waals surface area contributed by atoms with Crippen LogP contribution in [0.1, 0.15) is 75.9 Å². The Morgan fingerprint density at radius 1 is 0.712 bits per heavy atom. The number of hydrogen-bond acceptors (Lipinski definition) is 14. The highest BCUT2D eigenvalue weighted by Gasteiger charge is 2.52. The summed E-state index contributed by atoms with van der Waals surface area (Å²) in [6.07, 6.45) is 4.23. The molecule has 2 aliphatic carbocycles. The summed E-state index contributed by atoms with van der Waals surface area (Å²) in [5.41, 5.74) is 15.9. The summed E-state index contributed by atoms with van der Waals surface area (Å²) in [6.45, 7) is 9.92. The highest BCUT2D eigenvalue weighted by Crippen LogP contribution is 2.41. The third kappa shape index (κ3) is 11.9. The zero-order chi connectivity index (χ0) is 47.7. The first kappa shape index (κ1) is 50.0. The topological polar surface area (TPSA) is 224 Å². The maximum atomic E-state index is 12.4. The van der Waals surface area contributed by atoms with Gasteiger partial charge in [0.15, 0.2) is 13.6 Å². The van der Waals surface area contributed by atoms with Crippen LogP contribution in [-0.2, 0) is 45.0 Å². The zero-order valence-corrected chi connectivity index (χ0v) is 42.3. The number of nitrogens with one attached hydrogen (secondary N) is 2. The van der Waals surface area contributed by atoms with Gasteiger partial charge in [-0.3, -0.25) is 0 Å². The number of rotatable bonds is 10. The van der Waals surface area contributed by atoms with Crippen molar-refractivity contribution in [1.82, 2.24) is 40.4 Å². The summed E-state index contributed by atoms with van der Waals surface area (Å²) in [5, 5.41) is 7.60. The maximum Gasteiger partial charge on any atom is 0.496 e. The van der Waals surface area contributed by atoms with E-state index in [1.54, 1.807) is 41.2 Å². The van der Waals surface area contributed by atoms with Gasteiger partial charge in [0.25, 0.3) is 0 Å². The molecule has 4 aromatic rings. The van der Waals surface area contributed by atoms with Crippen molar-refractivity contribution >= 4 is 106 Å². The summed E-state index contributed by atoms with van der Waals surface area (Å²) < 4.78 is 33.6. The lowest BCUT2D eigenvalue weighted by Crippen LogP contribution is -2.41. The highest BCUT2D eigenvalue weighted by molar-refractivity contribution is 14.1. The molecule has 24 heteroatoms. The summed E-state index contributed by atoms with van der Waals surface area (Å²) in [5.74, 6) is 1.28. The van der Waals surface area contributed by atoms with Crippen LogP contribution in [0.4, 0.5) is 21.5 Å². The van der Waals surface area contributed by atoms with E-state index in [9.17, 15) is 9.59 Å². The highest BCUT2D eigenvalue weighted by atomic mass is 127. The molecular weight excluding hydrogens is 1050 g/mol. The number of nitrogen functional groups attached to an aromatic ring is 2. The van der Waals surface area contributed by atoms with Crippen molar-refractivity contribution in [2.75, 3.05) is 39.3 Å². The van der Waals surface area contributed by atoms with E-state index >= 15 is 0 Å². The molecule has 0 bridgehead atoms. The van der Waals surface area contributed by atoms with Crippen molar-refractivity contribution < 1.29 is 37.8 Å². The summed E-state index contributed by atoms with van der Waals surface area (Å²) >= 11 is 27.2. The average Bonchev–Trinajstić information content (AvgIpc) is 4.14. The standard InChI is InChI=1S/C18H19Cl2N5O3.C14H19BCl2O4.C10H12IN5O/c1-27-8-28-15-4-10(12(19)5-13(15)20)16-11-6-25(18(26)22-9-2-3-9)7-14(11)23-17(21)24-16;1-13(2)14(3,4)21-15(20-13)9-6-12(19-8-18-5)11(17)7-10(9)16;11-8-6-3-16(10(17)13-5-1-2-5)4-7(6)14-9(12)15-8/h4-5,9H,2-3,6-8H2,1H3,(H,22,26)(H2,21,23,24);6-7H,8H2,1-5H3;5H,1-4H2,(H,13,17)(H2,12,14,15). The van der Waals surface area contributed by atoms with E-state index in [-0.39, 0.29) is 43.6 Å². The Bertz CT molecular complexity index is 2470. The fourth-order valence-electron chi connectivity index (χ4n) is 6.88. The van der Waals surface area contributed by atoms with Crippen molar-refractivity contribution in [3.05, 3.63) is 70.6 Å². The number of carbonyl (C=O) groups excluding carboxylic acids is 2. The summed E-state index contributed by atoms with van der Waals surface area (Å²) in [4.78, 5) is 44.8. The molecule has 66 heavy (non-hydrogen) atoms. The molecule has 6 N–H and O–H groups in total. The van der Waals surface area contributed by atoms with Crippen LogP contribution in [0.15, 0.2) is 24.3 Å². The second-order valence-corrected chi connectivity index (χ2v) is 19.7. The second-order valence-electron chi connectivity index (χ2n) is 17.1.